The highest BCUT2D eigenvalue weighted by atomic mass is 16.4. The van der Waals surface area contributed by atoms with Crippen LogP contribution in [0, 0.1) is 12.3 Å². The van der Waals surface area contributed by atoms with Crippen LogP contribution in [0.25, 0.3) is 0 Å². The van der Waals surface area contributed by atoms with Crippen LogP contribution in [-0.2, 0) is 0 Å². The van der Waals surface area contributed by atoms with Crippen LogP contribution in [0.2, 0.25) is 0 Å². The van der Waals surface area contributed by atoms with Gasteiger partial charge in [0.15, 0.2) is 0 Å². The Morgan fingerprint density at radius 1 is 1.38 bits per heavy atom. The van der Waals surface area contributed by atoms with Crippen molar-refractivity contribution in [2.75, 3.05) is 11.9 Å². The van der Waals surface area contributed by atoms with Crippen LogP contribution < -0.4 is 5.32 Å². The fraction of sp³-hybridized carbons (Fsp3) is 0.778. The average Bonchev–Trinajstić information content (AvgIpc) is 2.48. The summed E-state index contributed by atoms with van der Waals surface area (Å²) in [4.78, 5) is 0. The summed E-state index contributed by atoms with van der Waals surface area (Å²) in [5.41, 5.74) is 0.266. The highest BCUT2D eigenvalue weighted by Crippen LogP contribution is 2.19. The molecule has 0 spiro atoms. The van der Waals surface area contributed by atoms with Crippen molar-refractivity contribution < 1.29 is 4.42 Å². The van der Waals surface area contributed by atoms with Gasteiger partial charge in [0.1, 0.15) is 0 Å². The first-order valence-electron chi connectivity index (χ1n) is 4.57. The summed E-state index contributed by atoms with van der Waals surface area (Å²) in [6, 6.07) is 0.513. The largest absolute Gasteiger partial charge is 0.408 e. The van der Waals surface area contributed by atoms with Gasteiger partial charge in [-0.15, -0.1) is 5.10 Å². The molecule has 0 saturated heterocycles. The molecule has 74 valence electrons. The van der Waals surface area contributed by atoms with E-state index in [-0.39, 0.29) is 5.41 Å². The van der Waals surface area contributed by atoms with E-state index in [0.717, 1.165) is 13.0 Å². The molecule has 0 radical (unpaired) electrons. The molecule has 0 atom stereocenters. The number of nitrogens with zero attached hydrogens (tertiary/aromatic N) is 2. The Bertz CT molecular complexity index is 268. The molecule has 1 aromatic rings. The van der Waals surface area contributed by atoms with Gasteiger partial charge in [-0.05, 0) is 11.8 Å². The molecule has 4 nitrogen and oxygen atoms in total. The summed E-state index contributed by atoms with van der Waals surface area (Å²) >= 11 is 0. The quantitative estimate of drug-likeness (QED) is 0.777. The molecule has 0 fully saturated rings. The van der Waals surface area contributed by atoms with E-state index in [1.165, 1.54) is 0 Å². The lowest BCUT2D eigenvalue weighted by atomic mass is 9.90. The maximum atomic E-state index is 5.19. The third-order valence-corrected chi connectivity index (χ3v) is 2.20. The Labute approximate surface area is 78.7 Å². The van der Waals surface area contributed by atoms with Crippen molar-refractivity contribution in [2.45, 2.75) is 34.1 Å². The molecule has 13 heavy (non-hydrogen) atoms. The van der Waals surface area contributed by atoms with Gasteiger partial charge in [0.2, 0.25) is 5.89 Å². The van der Waals surface area contributed by atoms with Crippen molar-refractivity contribution >= 4 is 6.01 Å². The molecule has 0 amide bonds. The number of rotatable bonds is 4. The summed E-state index contributed by atoms with van der Waals surface area (Å²) in [5.74, 6) is 0.594. The lowest BCUT2D eigenvalue weighted by Gasteiger charge is -2.21. The van der Waals surface area contributed by atoms with E-state index < -0.39 is 0 Å². The number of hydrogen-bond donors (Lipinski definition) is 1. The normalized spacial score (nSPS) is 11.7. The van der Waals surface area contributed by atoms with E-state index in [4.69, 9.17) is 4.42 Å². The van der Waals surface area contributed by atoms with Crippen LogP contribution in [0.5, 0.6) is 0 Å². The summed E-state index contributed by atoms with van der Waals surface area (Å²) in [6.45, 7) is 9.20. The van der Waals surface area contributed by atoms with E-state index >= 15 is 0 Å². The number of nitrogens with one attached hydrogen (secondary N) is 1. The molecule has 0 aliphatic rings. The Hall–Kier alpha value is -1.06. The van der Waals surface area contributed by atoms with E-state index in [1.54, 1.807) is 6.92 Å². The van der Waals surface area contributed by atoms with Crippen molar-refractivity contribution in [3.8, 4) is 0 Å². The van der Waals surface area contributed by atoms with Crippen LogP contribution in [0.3, 0.4) is 0 Å². The Morgan fingerprint density at radius 2 is 2.08 bits per heavy atom. The minimum atomic E-state index is 0.266. The van der Waals surface area contributed by atoms with Crippen LogP contribution in [0.15, 0.2) is 4.42 Å². The SMILES string of the molecule is CCC(C)(C)CNc1nnc(C)o1. The van der Waals surface area contributed by atoms with E-state index in [1.807, 2.05) is 0 Å². The summed E-state index contributed by atoms with van der Waals surface area (Å²) in [6.07, 6.45) is 1.12. The van der Waals surface area contributed by atoms with Gasteiger partial charge in [-0.25, -0.2) is 0 Å². The first kappa shape index (κ1) is 10.0. The smallest absolute Gasteiger partial charge is 0.315 e. The van der Waals surface area contributed by atoms with Crippen LogP contribution in [0.1, 0.15) is 33.1 Å². The van der Waals surface area contributed by atoms with E-state index in [9.17, 15) is 0 Å². The minimum absolute atomic E-state index is 0.266. The van der Waals surface area contributed by atoms with Gasteiger partial charge in [-0.1, -0.05) is 25.9 Å². The van der Waals surface area contributed by atoms with Crippen molar-refractivity contribution in [3.05, 3.63) is 5.89 Å². The first-order chi connectivity index (χ1) is 6.03. The fourth-order valence-electron chi connectivity index (χ4n) is 0.808. The monoisotopic (exact) mass is 183 g/mol. The Balaban J connectivity index is 2.43. The van der Waals surface area contributed by atoms with Gasteiger partial charge in [0, 0.05) is 13.5 Å². The summed E-state index contributed by atoms with van der Waals surface area (Å²) < 4.78 is 5.19. The number of aryl methyl sites for hydroxylation is 1. The zero-order chi connectivity index (χ0) is 9.90. The molecule has 0 unspecified atom stereocenters. The van der Waals surface area contributed by atoms with Gasteiger partial charge >= 0.3 is 6.01 Å². The minimum Gasteiger partial charge on any atom is -0.408 e. The third kappa shape index (κ3) is 3.05. The molecule has 1 rings (SSSR count). The second-order valence-corrected chi connectivity index (χ2v) is 4.00. The lowest BCUT2D eigenvalue weighted by molar-refractivity contribution is 0.371. The standard InChI is InChI=1S/C9H17N3O/c1-5-9(3,4)6-10-8-12-11-7(2)13-8/h5-6H2,1-4H3,(H,10,12). The summed E-state index contributed by atoms with van der Waals surface area (Å²) in [5, 5.41) is 10.7. The maximum absolute atomic E-state index is 5.19. The van der Waals surface area contributed by atoms with Crippen LogP contribution in [0.4, 0.5) is 6.01 Å². The Morgan fingerprint density at radius 3 is 2.54 bits per heavy atom. The molecule has 1 heterocycles. The predicted octanol–water partition coefficient (Wildman–Crippen LogP) is 2.23. The van der Waals surface area contributed by atoms with Gasteiger partial charge in [0.05, 0.1) is 0 Å². The molecule has 0 bridgehead atoms. The highest BCUT2D eigenvalue weighted by Gasteiger charge is 2.15. The van der Waals surface area contributed by atoms with Crippen LogP contribution >= 0.6 is 0 Å². The van der Waals surface area contributed by atoms with Crippen molar-refractivity contribution in [3.63, 3.8) is 0 Å². The van der Waals surface area contributed by atoms with Crippen molar-refractivity contribution in [1.82, 2.24) is 10.2 Å². The molecule has 0 aliphatic heterocycles. The maximum Gasteiger partial charge on any atom is 0.315 e. The van der Waals surface area contributed by atoms with Gasteiger partial charge in [0.25, 0.3) is 0 Å². The molecule has 1 N–H and O–H groups in total. The van der Waals surface area contributed by atoms with Crippen molar-refractivity contribution in [2.24, 2.45) is 5.41 Å². The fourth-order valence-corrected chi connectivity index (χ4v) is 0.808. The zero-order valence-electron chi connectivity index (χ0n) is 8.72. The molecular weight excluding hydrogens is 166 g/mol. The van der Waals surface area contributed by atoms with Crippen molar-refractivity contribution in [1.29, 1.82) is 0 Å². The van der Waals surface area contributed by atoms with Crippen LogP contribution in [-0.4, -0.2) is 16.7 Å². The highest BCUT2D eigenvalue weighted by molar-refractivity contribution is 5.17. The number of hydrogen-bond acceptors (Lipinski definition) is 4. The molecule has 0 aliphatic carbocycles. The van der Waals surface area contributed by atoms with Gasteiger partial charge in [-0.3, -0.25) is 0 Å². The van der Waals surface area contributed by atoms with E-state index in [0.29, 0.717) is 11.9 Å². The molecule has 0 aromatic carbocycles. The van der Waals surface area contributed by atoms with E-state index in [2.05, 4.69) is 36.3 Å². The third-order valence-electron chi connectivity index (χ3n) is 2.20. The molecule has 1 aromatic heterocycles. The van der Waals surface area contributed by atoms with Gasteiger partial charge < -0.3 is 9.73 Å². The first-order valence-corrected chi connectivity index (χ1v) is 4.57. The predicted molar refractivity (Wildman–Crippen MR) is 51.6 cm³/mol. The second kappa shape index (κ2) is 3.77. The number of aromatic nitrogens is 2. The zero-order valence-corrected chi connectivity index (χ0v) is 8.72. The number of anilines is 1. The molecular formula is C9H17N3O. The molecule has 0 saturated carbocycles. The van der Waals surface area contributed by atoms with Gasteiger partial charge in [-0.2, -0.15) is 0 Å². The summed E-state index contributed by atoms with van der Waals surface area (Å²) in [7, 11) is 0. The topological polar surface area (TPSA) is 51.0 Å². The second-order valence-electron chi connectivity index (χ2n) is 4.00. The average molecular weight is 183 g/mol. The Kier molecular flexibility index (Phi) is 2.90. The molecule has 4 heteroatoms. The lowest BCUT2D eigenvalue weighted by Crippen LogP contribution is -2.22.